The Bertz CT molecular complexity index is 305. The van der Waals surface area contributed by atoms with E-state index in [0.717, 1.165) is 31.9 Å². The van der Waals surface area contributed by atoms with E-state index >= 15 is 0 Å². The van der Waals surface area contributed by atoms with Crippen molar-refractivity contribution in [3.63, 3.8) is 0 Å². The molecule has 16 heavy (non-hydrogen) atoms. The van der Waals surface area contributed by atoms with Crippen LogP contribution in [-0.2, 0) is 6.54 Å². The number of ether oxygens (including phenoxy) is 1. The number of nitrogens with zero attached hydrogens (tertiary/aromatic N) is 3. The van der Waals surface area contributed by atoms with E-state index in [0.29, 0.717) is 0 Å². The lowest BCUT2D eigenvalue weighted by atomic mass is 10.4. The second-order valence-electron chi connectivity index (χ2n) is 4.34. The predicted molar refractivity (Wildman–Crippen MR) is 63.7 cm³/mol. The van der Waals surface area contributed by atoms with E-state index in [2.05, 4.69) is 16.9 Å². The molecule has 0 spiro atoms. The van der Waals surface area contributed by atoms with Gasteiger partial charge in [0.25, 0.3) is 0 Å². The molecule has 1 aromatic rings. The second-order valence-corrected chi connectivity index (χ2v) is 4.34. The molecular weight excluding hydrogens is 202 g/mol. The summed E-state index contributed by atoms with van der Waals surface area (Å²) >= 11 is 0. The van der Waals surface area contributed by atoms with Crippen LogP contribution in [0.3, 0.4) is 0 Å². The minimum Gasteiger partial charge on any atom is -0.489 e. The molecule has 1 aliphatic heterocycles. The fourth-order valence-electron chi connectivity index (χ4n) is 2.07. The fourth-order valence-corrected chi connectivity index (χ4v) is 2.07. The molecule has 0 saturated carbocycles. The van der Waals surface area contributed by atoms with E-state index in [4.69, 9.17) is 4.74 Å². The summed E-state index contributed by atoms with van der Waals surface area (Å²) < 4.78 is 7.61. The molecular formula is C12H21N3O. The Hall–Kier alpha value is -1.03. The van der Waals surface area contributed by atoms with Gasteiger partial charge in [-0.3, -0.25) is 9.58 Å². The third-order valence-electron chi connectivity index (χ3n) is 2.94. The van der Waals surface area contributed by atoms with E-state index in [-0.39, 0.29) is 0 Å². The van der Waals surface area contributed by atoms with Gasteiger partial charge in [0.15, 0.2) is 5.75 Å². The normalized spacial score (nSPS) is 16.8. The van der Waals surface area contributed by atoms with Crippen molar-refractivity contribution in [1.82, 2.24) is 14.7 Å². The van der Waals surface area contributed by atoms with Crippen molar-refractivity contribution >= 4 is 0 Å². The quantitative estimate of drug-likeness (QED) is 0.736. The summed E-state index contributed by atoms with van der Waals surface area (Å²) in [5, 5.41) is 4.23. The SMILES string of the molecule is CCCn1cc(OCCN2CCCC2)cn1. The van der Waals surface area contributed by atoms with E-state index < -0.39 is 0 Å². The minimum absolute atomic E-state index is 0.776. The fraction of sp³-hybridized carbons (Fsp3) is 0.750. The van der Waals surface area contributed by atoms with Crippen molar-refractivity contribution in [2.24, 2.45) is 0 Å². The van der Waals surface area contributed by atoms with E-state index in [1.165, 1.54) is 25.9 Å². The number of hydrogen-bond acceptors (Lipinski definition) is 3. The molecule has 0 unspecified atom stereocenters. The summed E-state index contributed by atoms with van der Waals surface area (Å²) in [6, 6.07) is 0. The molecule has 4 nitrogen and oxygen atoms in total. The highest BCUT2D eigenvalue weighted by Gasteiger charge is 2.10. The van der Waals surface area contributed by atoms with Gasteiger partial charge in [-0.05, 0) is 32.4 Å². The first-order valence-electron chi connectivity index (χ1n) is 6.26. The van der Waals surface area contributed by atoms with E-state index in [9.17, 15) is 0 Å². The van der Waals surface area contributed by atoms with Crippen LogP contribution in [0.2, 0.25) is 0 Å². The number of aryl methyl sites for hydroxylation is 1. The van der Waals surface area contributed by atoms with Crippen molar-refractivity contribution in [3.8, 4) is 5.75 Å². The summed E-state index contributed by atoms with van der Waals surface area (Å²) in [7, 11) is 0. The minimum atomic E-state index is 0.776. The van der Waals surface area contributed by atoms with Crippen molar-refractivity contribution in [2.75, 3.05) is 26.2 Å². The highest BCUT2D eigenvalue weighted by atomic mass is 16.5. The predicted octanol–water partition coefficient (Wildman–Crippen LogP) is 1.77. The largest absolute Gasteiger partial charge is 0.489 e. The summed E-state index contributed by atoms with van der Waals surface area (Å²) in [5.74, 6) is 0.896. The maximum absolute atomic E-state index is 5.67. The molecule has 1 saturated heterocycles. The average molecular weight is 223 g/mol. The van der Waals surface area contributed by atoms with Gasteiger partial charge >= 0.3 is 0 Å². The van der Waals surface area contributed by atoms with E-state index in [1.807, 2.05) is 10.9 Å². The molecule has 0 amide bonds. The van der Waals surface area contributed by atoms with Crippen molar-refractivity contribution in [1.29, 1.82) is 0 Å². The Balaban J connectivity index is 1.67. The smallest absolute Gasteiger partial charge is 0.157 e. The Morgan fingerprint density at radius 1 is 1.31 bits per heavy atom. The zero-order chi connectivity index (χ0) is 11.2. The Kier molecular flexibility index (Phi) is 4.22. The first kappa shape index (κ1) is 11.5. The van der Waals surface area contributed by atoms with Crippen LogP contribution in [-0.4, -0.2) is 40.9 Å². The van der Waals surface area contributed by atoms with Gasteiger partial charge in [0.1, 0.15) is 6.61 Å². The van der Waals surface area contributed by atoms with Crippen molar-refractivity contribution in [2.45, 2.75) is 32.7 Å². The van der Waals surface area contributed by atoms with Gasteiger partial charge in [0, 0.05) is 13.1 Å². The Morgan fingerprint density at radius 3 is 2.88 bits per heavy atom. The molecule has 0 aromatic carbocycles. The van der Waals surface area contributed by atoms with Gasteiger partial charge in [0.2, 0.25) is 0 Å². The summed E-state index contributed by atoms with van der Waals surface area (Å²) in [4.78, 5) is 2.45. The highest BCUT2D eigenvalue weighted by molar-refractivity contribution is 5.11. The molecule has 0 aliphatic carbocycles. The third kappa shape index (κ3) is 3.23. The molecule has 4 heteroatoms. The lowest BCUT2D eigenvalue weighted by Gasteiger charge is -2.13. The van der Waals surface area contributed by atoms with Crippen LogP contribution >= 0.6 is 0 Å². The average Bonchev–Trinajstić information content (AvgIpc) is 2.90. The first-order chi connectivity index (χ1) is 7.88. The molecule has 1 aromatic heterocycles. The van der Waals surface area contributed by atoms with Crippen LogP contribution in [0.1, 0.15) is 26.2 Å². The van der Waals surface area contributed by atoms with Gasteiger partial charge in [-0.25, -0.2) is 0 Å². The summed E-state index contributed by atoms with van der Waals surface area (Å²) in [5.41, 5.74) is 0. The van der Waals surface area contributed by atoms with Gasteiger partial charge in [-0.1, -0.05) is 6.92 Å². The molecule has 2 heterocycles. The molecule has 90 valence electrons. The molecule has 2 rings (SSSR count). The van der Waals surface area contributed by atoms with Crippen LogP contribution in [0.5, 0.6) is 5.75 Å². The van der Waals surface area contributed by atoms with Gasteiger partial charge in [0.05, 0.1) is 12.4 Å². The number of rotatable bonds is 6. The maximum atomic E-state index is 5.67. The number of aromatic nitrogens is 2. The molecule has 0 radical (unpaired) electrons. The molecule has 1 aliphatic rings. The standard InChI is InChI=1S/C12H21N3O/c1-2-5-15-11-12(10-13-15)16-9-8-14-6-3-4-7-14/h10-11H,2-9H2,1H3. The van der Waals surface area contributed by atoms with Crippen LogP contribution in [0.4, 0.5) is 0 Å². The van der Waals surface area contributed by atoms with Crippen LogP contribution in [0, 0.1) is 0 Å². The monoisotopic (exact) mass is 223 g/mol. The number of likely N-dealkylation sites (tertiary alicyclic amines) is 1. The molecule has 0 atom stereocenters. The summed E-state index contributed by atoms with van der Waals surface area (Å²) in [6.45, 7) is 7.40. The van der Waals surface area contributed by atoms with Crippen molar-refractivity contribution < 1.29 is 4.74 Å². The van der Waals surface area contributed by atoms with E-state index in [1.54, 1.807) is 6.20 Å². The summed E-state index contributed by atoms with van der Waals surface area (Å²) in [6.07, 6.45) is 7.57. The van der Waals surface area contributed by atoms with Crippen molar-refractivity contribution in [3.05, 3.63) is 12.4 Å². The zero-order valence-corrected chi connectivity index (χ0v) is 10.1. The van der Waals surface area contributed by atoms with Crippen LogP contribution < -0.4 is 4.74 Å². The second kappa shape index (κ2) is 5.89. The maximum Gasteiger partial charge on any atom is 0.157 e. The topological polar surface area (TPSA) is 30.3 Å². The van der Waals surface area contributed by atoms with Crippen LogP contribution in [0.25, 0.3) is 0 Å². The first-order valence-corrected chi connectivity index (χ1v) is 6.26. The zero-order valence-electron chi connectivity index (χ0n) is 10.1. The molecule has 1 fully saturated rings. The van der Waals surface area contributed by atoms with Gasteiger partial charge in [-0.2, -0.15) is 5.10 Å². The van der Waals surface area contributed by atoms with Gasteiger partial charge < -0.3 is 4.74 Å². The lowest BCUT2D eigenvalue weighted by molar-refractivity contribution is 0.237. The third-order valence-corrected chi connectivity index (χ3v) is 2.94. The Morgan fingerprint density at radius 2 is 2.12 bits per heavy atom. The molecule has 0 bridgehead atoms. The molecule has 0 N–H and O–H groups in total. The van der Waals surface area contributed by atoms with Crippen LogP contribution in [0.15, 0.2) is 12.4 Å². The highest BCUT2D eigenvalue weighted by Crippen LogP contribution is 2.10. The lowest BCUT2D eigenvalue weighted by Crippen LogP contribution is -2.24. The van der Waals surface area contributed by atoms with Gasteiger partial charge in [-0.15, -0.1) is 0 Å². The Labute approximate surface area is 97.2 Å². The number of hydrogen-bond donors (Lipinski definition) is 0.